The first kappa shape index (κ1) is 30.4. The van der Waals surface area contributed by atoms with Gasteiger partial charge in [-0.15, -0.1) is 53.6 Å². The second-order valence-electron chi connectivity index (χ2n) is 11.8. The van der Waals surface area contributed by atoms with E-state index in [0.717, 1.165) is 61.3 Å². The number of fused-ring (bicyclic) bond motifs is 4. The Hall–Kier alpha value is -4.61. The fourth-order valence-electron chi connectivity index (χ4n) is 5.39. The molecule has 0 aliphatic rings. The minimum Gasteiger partial charge on any atom is -0.476 e. The fraction of sp³-hybridized carbons (Fsp3) is 0.0769. The Morgan fingerprint density at radius 3 is 2.20 bits per heavy atom. The van der Waals surface area contributed by atoms with Crippen LogP contribution >= 0.6 is 0 Å². The number of para-hydroxylation sites is 4. The summed E-state index contributed by atoms with van der Waals surface area (Å²) in [7, 11) is -1.23. The Morgan fingerprint density at radius 1 is 0.689 bits per heavy atom. The van der Waals surface area contributed by atoms with Crippen LogP contribution in [0.2, 0.25) is 19.6 Å². The van der Waals surface area contributed by atoms with Crippen molar-refractivity contribution in [2.24, 2.45) is 0 Å². The van der Waals surface area contributed by atoms with E-state index in [9.17, 15) is 0 Å². The van der Waals surface area contributed by atoms with E-state index in [1.54, 1.807) is 0 Å². The van der Waals surface area contributed by atoms with Crippen molar-refractivity contribution in [3.05, 3.63) is 146 Å². The van der Waals surface area contributed by atoms with Gasteiger partial charge in [0.1, 0.15) is 5.58 Å². The monoisotopic (exact) mass is 778 g/mol. The van der Waals surface area contributed by atoms with E-state index in [2.05, 4.69) is 77.7 Å². The van der Waals surface area contributed by atoms with Crippen molar-refractivity contribution >= 4 is 46.2 Å². The number of imidazole rings is 1. The Balaban J connectivity index is 0.000000181. The Morgan fingerprint density at radius 2 is 1.44 bits per heavy atom. The molecule has 0 unspecified atom stereocenters. The first-order valence-electron chi connectivity index (χ1n) is 14.8. The van der Waals surface area contributed by atoms with Gasteiger partial charge in [-0.25, -0.2) is 0 Å². The van der Waals surface area contributed by atoms with Gasteiger partial charge in [-0.1, -0.05) is 91.8 Å². The SMILES string of the molecule is C[Si](C)(C)c1ccc(-c2[c-]cccc2)nc1.[Ir].[c-]1cc2c(cc1-c1nc3ccccc3n1-c1ccccc1)oc1ccccc12. The van der Waals surface area contributed by atoms with Crippen molar-refractivity contribution in [3.63, 3.8) is 0 Å². The average molecular weight is 778 g/mol. The molecule has 0 fully saturated rings. The number of rotatable bonds is 4. The summed E-state index contributed by atoms with van der Waals surface area (Å²) < 4.78 is 8.25. The first-order valence-corrected chi connectivity index (χ1v) is 18.3. The summed E-state index contributed by atoms with van der Waals surface area (Å²) in [6, 6.07) is 49.5. The van der Waals surface area contributed by atoms with E-state index in [1.807, 2.05) is 97.2 Å². The van der Waals surface area contributed by atoms with Crippen molar-refractivity contribution in [2.75, 3.05) is 0 Å². The number of furan rings is 1. The van der Waals surface area contributed by atoms with Crippen LogP contribution in [0.4, 0.5) is 0 Å². The molecule has 0 aliphatic carbocycles. The van der Waals surface area contributed by atoms with Gasteiger partial charge in [0.05, 0.1) is 30.5 Å². The van der Waals surface area contributed by atoms with Crippen molar-refractivity contribution in [1.29, 1.82) is 0 Å². The van der Waals surface area contributed by atoms with E-state index in [0.29, 0.717) is 0 Å². The largest absolute Gasteiger partial charge is 0.476 e. The molecule has 0 atom stereocenters. The Kier molecular flexibility index (Phi) is 8.64. The van der Waals surface area contributed by atoms with Crippen LogP contribution in [0.5, 0.6) is 0 Å². The van der Waals surface area contributed by atoms with Gasteiger partial charge in [0.15, 0.2) is 0 Å². The van der Waals surface area contributed by atoms with Gasteiger partial charge < -0.3 is 14.0 Å². The second kappa shape index (κ2) is 12.8. The van der Waals surface area contributed by atoms with E-state index in [1.165, 1.54) is 5.19 Å². The van der Waals surface area contributed by atoms with Crippen LogP contribution in [-0.4, -0.2) is 22.6 Å². The molecule has 1 radical (unpaired) electrons. The number of nitrogens with zero attached hydrogens (tertiary/aromatic N) is 3. The molecule has 0 bridgehead atoms. The van der Waals surface area contributed by atoms with Crippen LogP contribution < -0.4 is 5.19 Å². The maximum atomic E-state index is 6.08. The molecule has 0 saturated heterocycles. The molecule has 3 heterocycles. The third-order valence-corrected chi connectivity index (χ3v) is 9.77. The summed E-state index contributed by atoms with van der Waals surface area (Å²) in [5.41, 5.74) is 7.81. The zero-order valence-electron chi connectivity index (χ0n) is 25.3. The van der Waals surface area contributed by atoms with E-state index in [-0.39, 0.29) is 20.1 Å². The smallest absolute Gasteiger partial charge is 0.123 e. The maximum absolute atomic E-state index is 6.08. The standard InChI is InChI=1S/C25H15N2O.C14H16NSi.Ir/c1-2-8-18(9-3-1)27-22-12-6-5-11-21(22)26-25(27)17-14-15-20-19-10-4-7-13-23(19)28-24(20)16-17;1-16(2,3)13-9-10-14(15-11-13)12-7-5-4-6-8-12;/h1-13,15-16H;4-7,9-11H,1-3H3;/q2*-1;. The molecule has 8 aromatic rings. The summed E-state index contributed by atoms with van der Waals surface area (Å²) in [4.78, 5) is 9.43. The fourth-order valence-corrected chi connectivity index (χ4v) is 6.42. The zero-order valence-corrected chi connectivity index (χ0v) is 28.7. The molecule has 223 valence electrons. The van der Waals surface area contributed by atoms with Gasteiger partial charge in [-0.3, -0.25) is 4.98 Å². The predicted molar refractivity (Wildman–Crippen MR) is 184 cm³/mol. The normalized spacial score (nSPS) is 11.3. The quantitative estimate of drug-likeness (QED) is 0.132. The van der Waals surface area contributed by atoms with E-state index < -0.39 is 8.07 Å². The maximum Gasteiger partial charge on any atom is 0.123 e. The van der Waals surface area contributed by atoms with Gasteiger partial charge in [0, 0.05) is 32.0 Å². The number of aromatic nitrogens is 3. The van der Waals surface area contributed by atoms with Crippen LogP contribution in [0.3, 0.4) is 0 Å². The Bertz CT molecular complexity index is 2200. The van der Waals surface area contributed by atoms with Crippen molar-refractivity contribution in [3.8, 4) is 28.3 Å². The van der Waals surface area contributed by atoms with Gasteiger partial charge in [0.2, 0.25) is 0 Å². The number of benzene rings is 5. The molecule has 6 heteroatoms. The molecule has 5 aromatic carbocycles. The minimum absolute atomic E-state index is 0. The first-order chi connectivity index (χ1) is 21.5. The molecule has 4 nitrogen and oxygen atoms in total. The summed E-state index contributed by atoms with van der Waals surface area (Å²) >= 11 is 0. The van der Waals surface area contributed by atoms with Gasteiger partial charge in [-0.2, -0.15) is 0 Å². The van der Waals surface area contributed by atoms with E-state index >= 15 is 0 Å². The molecular formula is C39H31IrN3OSi-2. The van der Waals surface area contributed by atoms with Gasteiger partial charge in [-0.05, 0) is 46.6 Å². The minimum atomic E-state index is -1.23. The van der Waals surface area contributed by atoms with Crippen molar-refractivity contribution in [2.45, 2.75) is 19.6 Å². The summed E-state index contributed by atoms with van der Waals surface area (Å²) in [5.74, 6) is 0.856. The van der Waals surface area contributed by atoms with Crippen LogP contribution in [0.1, 0.15) is 0 Å². The topological polar surface area (TPSA) is 43.9 Å². The number of pyridine rings is 1. The Labute approximate surface area is 277 Å². The molecule has 8 rings (SSSR count). The van der Waals surface area contributed by atoms with Gasteiger partial charge >= 0.3 is 0 Å². The molecule has 0 aliphatic heterocycles. The summed E-state index contributed by atoms with van der Waals surface area (Å²) in [6.45, 7) is 7.00. The van der Waals surface area contributed by atoms with Crippen LogP contribution in [0.15, 0.2) is 138 Å². The number of hydrogen-bond donors (Lipinski definition) is 0. The summed E-state index contributed by atoms with van der Waals surface area (Å²) in [6.07, 6.45) is 2.02. The molecular weight excluding hydrogens is 747 g/mol. The number of hydrogen-bond acceptors (Lipinski definition) is 3. The third-order valence-electron chi connectivity index (χ3n) is 7.74. The molecule has 3 aromatic heterocycles. The van der Waals surface area contributed by atoms with Crippen LogP contribution in [0, 0.1) is 12.1 Å². The second-order valence-corrected chi connectivity index (χ2v) is 16.9. The molecule has 45 heavy (non-hydrogen) atoms. The van der Waals surface area contributed by atoms with Crippen LogP contribution in [0.25, 0.3) is 61.3 Å². The average Bonchev–Trinajstić information content (AvgIpc) is 3.64. The predicted octanol–water partition coefficient (Wildman–Crippen LogP) is 9.48. The molecule has 0 saturated carbocycles. The molecule has 0 amide bonds. The third kappa shape index (κ3) is 6.18. The molecule has 0 spiro atoms. The van der Waals surface area contributed by atoms with Crippen LogP contribution in [-0.2, 0) is 20.1 Å². The van der Waals surface area contributed by atoms with Crippen molar-refractivity contribution < 1.29 is 24.5 Å². The zero-order chi connectivity index (χ0) is 30.1. The summed E-state index contributed by atoms with van der Waals surface area (Å²) in [5, 5.41) is 3.57. The molecule has 0 N–H and O–H groups in total. The van der Waals surface area contributed by atoms with Gasteiger partial charge in [0.25, 0.3) is 0 Å². The van der Waals surface area contributed by atoms with Crippen molar-refractivity contribution in [1.82, 2.24) is 14.5 Å². The van der Waals surface area contributed by atoms with E-state index in [4.69, 9.17) is 9.40 Å².